The maximum Gasteiger partial charge on any atom is 0.323 e. The Kier molecular flexibility index (Phi) is 8.40. The molecule has 100 valence electrons. The van der Waals surface area contributed by atoms with Crippen LogP contribution in [0.2, 0.25) is 0 Å². The quantitative estimate of drug-likeness (QED) is 0.602. The van der Waals surface area contributed by atoms with Crippen molar-refractivity contribution in [2.45, 2.75) is 39.7 Å². The van der Waals surface area contributed by atoms with E-state index in [9.17, 15) is 9.59 Å². The Balaban J connectivity index is 4.60. The minimum Gasteiger partial charge on any atom is -0.468 e. The van der Waals surface area contributed by atoms with E-state index in [1.807, 2.05) is 18.7 Å². The highest BCUT2D eigenvalue weighted by atomic mass is 16.5. The molecular weight excluding hydrogens is 222 g/mol. The van der Waals surface area contributed by atoms with Gasteiger partial charge in [-0.2, -0.15) is 0 Å². The lowest BCUT2D eigenvalue weighted by molar-refractivity contribution is -0.152. The van der Waals surface area contributed by atoms with Crippen LogP contribution in [0.3, 0.4) is 0 Å². The van der Waals surface area contributed by atoms with Crippen molar-refractivity contribution in [1.29, 1.82) is 0 Å². The van der Waals surface area contributed by atoms with Gasteiger partial charge >= 0.3 is 11.9 Å². The molecule has 17 heavy (non-hydrogen) atoms. The molecule has 0 bridgehead atoms. The third-order valence-electron chi connectivity index (χ3n) is 2.46. The molecule has 0 aliphatic heterocycles. The summed E-state index contributed by atoms with van der Waals surface area (Å²) in [7, 11) is 1.35. The molecule has 0 aromatic heterocycles. The van der Waals surface area contributed by atoms with Crippen molar-refractivity contribution in [3.8, 4) is 0 Å². The monoisotopic (exact) mass is 245 g/mol. The minimum atomic E-state index is -0.367. The maximum absolute atomic E-state index is 11.7. The van der Waals surface area contributed by atoms with Gasteiger partial charge in [-0.1, -0.05) is 13.8 Å². The van der Waals surface area contributed by atoms with Crippen molar-refractivity contribution >= 4 is 11.9 Å². The fraction of sp³-hybridized carbons (Fsp3) is 0.833. The summed E-state index contributed by atoms with van der Waals surface area (Å²) in [4.78, 5) is 24.8. The molecule has 0 spiro atoms. The maximum atomic E-state index is 11.7. The number of carbonyl (C=O) groups excluding carboxylic acids is 2. The summed E-state index contributed by atoms with van der Waals surface area (Å²) in [5.41, 5.74) is 0. The predicted molar refractivity (Wildman–Crippen MR) is 64.6 cm³/mol. The van der Waals surface area contributed by atoms with Crippen LogP contribution in [0.1, 0.15) is 33.6 Å². The molecule has 5 nitrogen and oxygen atoms in total. The Morgan fingerprint density at radius 1 is 1.24 bits per heavy atom. The molecule has 0 saturated heterocycles. The molecule has 0 N–H and O–H groups in total. The largest absolute Gasteiger partial charge is 0.468 e. The topological polar surface area (TPSA) is 55.8 Å². The van der Waals surface area contributed by atoms with Crippen LogP contribution in [0.4, 0.5) is 0 Å². The van der Waals surface area contributed by atoms with Crippen LogP contribution in [-0.4, -0.2) is 49.7 Å². The third-order valence-corrected chi connectivity index (χ3v) is 2.46. The Hall–Kier alpha value is -1.10. The van der Waals surface area contributed by atoms with Gasteiger partial charge in [0.1, 0.15) is 6.04 Å². The Bertz CT molecular complexity index is 243. The SMILES string of the molecule is CCCN(CC(=O)OC)C(CC)C(=O)OCC. The summed E-state index contributed by atoms with van der Waals surface area (Å²) in [6.45, 7) is 6.83. The van der Waals surface area contributed by atoms with E-state index < -0.39 is 0 Å². The second-order valence-electron chi connectivity index (χ2n) is 3.72. The van der Waals surface area contributed by atoms with Gasteiger partial charge in [0.25, 0.3) is 0 Å². The smallest absolute Gasteiger partial charge is 0.323 e. The van der Waals surface area contributed by atoms with Crippen molar-refractivity contribution in [1.82, 2.24) is 4.90 Å². The molecule has 1 atom stereocenters. The van der Waals surface area contributed by atoms with Crippen LogP contribution in [0.25, 0.3) is 0 Å². The number of carbonyl (C=O) groups is 2. The molecule has 0 fully saturated rings. The van der Waals surface area contributed by atoms with Crippen LogP contribution < -0.4 is 0 Å². The first kappa shape index (κ1) is 15.9. The zero-order valence-electron chi connectivity index (χ0n) is 11.2. The number of nitrogens with zero attached hydrogens (tertiary/aromatic N) is 1. The van der Waals surface area contributed by atoms with Gasteiger partial charge in [0, 0.05) is 0 Å². The van der Waals surface area contributed by atoms with E-state index in [2.05, 4.69) is 4.74 Å². The van der Waals surface area contributed by atoms with Crippen molar-refractivity contribution in [3.63, 3.8) is 0 Å². The predicted octanol–water partition coefficient (Wildman–Crippen LogP) is 1.21. The van der Waals surface area contributed by atoms with E-state index in [4.69, 9.17) is 4.74 Å². The summed E-state index contributed by atoms with van der Waals surface area (Å²) in [6, 6.07) is -0.367. The van der Waals surface area contributed by atoms with E-state index in [-0.39, 0.29) is 24.5 Å². The van der Waals surface area contributed by atoms with Gasteiger partial charge in [0.2, 0.25) is 0 Å². The van der Waals surface area contributed by atoms with Gasteiger partial charge in [0.05, 0.1) is 20.3 Å². The third kappa shape index (κ3) is 5.68. The highest BCUT2D eigenvalue weighted by Gasteiger charge is 2.26. The van der Waals surface area contributed by atoms with Crippen LogP contribution in [0.15, 0.2) is 0 Å². The van der Waals surface area contributed by atoms with Crippen LogP contribution >= 0.6 is 0 Å². The van der Waals surface area contributed by atoms with Gasteiger partial charge in [0.15, 0.2) is 0 Å². The first-order valence-corrected chi connectivity index (χ1v) is 6.08. The fourth-order valence-electron chi connectivity index (χ4n) is 1.68. The van der Waals surface area contributed by atoms with Crippen molar-refractivity contribution in [2.24, 2.45) is 0 Å². The molecule has 0 rings (SSSR count). The summed E-state index contributed by atoms with van der Waals surface area (Å²) >= 11 is 0. The van der Waals surface area contributed by atoms with E-state index in [1.165, 1.54) is 7.11 Å². The van der Waals surface area contributed by atoms with Gasteiger partial charge in [-0.15, -0.1) is 0 Å². The van der Waals surface area contributed by atoms with E-state index in [0.29, 0.717) is 19.6 Å². The number of hydrogen-bond donors (Lipinski definition) is 0. The van der Waals surface area contributed by atoms with Gasteiger partial charge in [-0.25, -0.2) is 0 Å². The highest BCUT2D eigenvalue weighted by Crippen LogP contribution is 2.08. The molecule has 0 aliphatic rings. The summed E-state index contributed by atoms with van der Waals surface area (Å²) in [5, 5.41) is 0. The first-order chi connectivity index (χ1) is 8.10. The number of methoxy groups -OCH3 is 1. The normalized spacial score (nSPS) is 12.3. The van der Waals surface area contributed by atoms with Gasteiger partial charge in [-0.3, -0.25) is 14.5 Å². The molecule has 0 amide bonds. The number of hydrogen-bond acceptors (Lipinski definition) is 5. The lowest BCUT2D eigenvalue weighted by Crippen LogP contribution is -2.45. The molecule has 0 aromatic carbocycles. The average molecular weight is 245 g/mol. The van der Waals surface area contributed by atoms with Crippen LogP contribution in [0.5, 0.6) is 0 Å². The molecule has 0 heterocycles. The molecule has 0 aliphatic carbocycles. The zero-order valence-corrected chi connectivity index (χ0v) is 11.2. The number of esters is 2. The average Bonchev–Trinajstić information content (AvgIpc) is 2.30. The second kappa shape index (κ2) is 8.98. The molecule has 1 unspecified atom stereocenters. The van der Waals surface area contributed by atoms with Crippen molar-refractivity contribution in [3.05, 3.63) is 0 Å². The molecule has 0 saturated carbocycles. The van der Waals surface area contributed by atoms with E-state index in [0.717, 1.165) is 6.42 Å². The Morgan fingerprint density at radius 3 is 2.29 bits per heavy atom. The highest BCUT2D eigenvalue weighted by molar-refractivity contribution is 5.77. The van der Waals surface area contributed by atoms with Crippen LogP contribution in [-0.2, 0) is 19.1 Å². The van der Waals surface area contributed by atoms with Gasteiger partial charge < -0.3 is 9.47 Å². The molecular formula is C12H23NO4. The molecule has 0 radical (unpaired) electrons. The first-order valence-electron chi connectivity index (χ1n) is 6.08. The zero-order chi connectivity index (χ0) is 13.3. The summed E-state index contributed by atoms with van der Waals surface area (Å²) < 4.78 is 9.63. The fourth-order valence-corrected chi connectivity index (χ4v) is 1.68. The number of rotatable bonds is 8. The lowest BCUT2D eigenvalue weighted by atomic mass is 10.2. The molecule has 5 heteroatoms. The van der Waals surface area contributed by atoms with E-state index >= 15 is 0 Å². The van der Waals surface area contributed by atoms with Gasteiger partial charge in [-0.05, 0) is 26.3 Å². The number of ether oxygens (including phenoxy) is 2. The van der Waals surface area contributed by atoms with Crippen molar-refractivity contribution in [2.75, 3.05) is 26.8 Å². The summed E-state index contributed by atoms with van der Waals surface area (Å²) in [5.74, 6) is -0.603. The van der Waals surface area contributed by atoms with Crippen molar-refractivity contribution < 1.29 is 19.1 Å². The Labute approximate surface area is 103 Å². The minimum absolute atomic E-state index is 0.127. The Morgan fingerprint density at radius 2 is 1.88 bits per heavy atom. The molecule has 0 aromatic rings. The van der Waals surface area contributed by atoms with Crippen LogP contribution in [0, 0.1) is 0 Å². The lowest BCUT2D eigenvalue weighted by Gasteiger charge is -2.27. The standard InChI is InChI=1S/C12H23NO4/c1-5-8-13(9-11(14)16-4)10(6-2)12(15)17-7-3/h10H,5-9H2,1-4H3. The summed E-state index contributed by atoms with van der Waals surface area (Å²) in [6.07, 6.45) is 1.49. The second-order valence-corrected chi connectivity index (χ2v) is 3.72. The van der Waals surface area contributed by atoms with E-state index in [1.54, 1.807) is 6.92 Å².